The smallest absolute Gasteiger partial charge is 0.193 e. The molecule has 0 saturated carbocycles. The summed E-state index contributed by atoms with van der Waals surface area (Å²) in [5, 5.41) is 3.33. The number of nitrogens with zero attached hydrogens (tertiary/aromatic N) is 3. The largest absolute Gasteiger partial charge is 0.370 e. The van der Waals surface area contributed by atoms with Crippen LogP contribution < -0.4 is 11.1 Å². The van der Waals surface area contributed by atoms with Gasteiger partial charge in [0.1, 0.15) is 5.82 Å². The quantitative estimate of drug-likeness (QED) is 0.274. The zero-order chi connectivity index (χ0) is 19.9. The molecule has 5 nitrogen and oxygen atoms in total. The van der Waals surface area contributed by atoms with Gasteiger partial charge in [0, 0.05) is 24.6 Å². The van der Waals surface area contributed by atoms with E-state index >= 15 is 0 Å². The lowest BCUT2D eigenvalue weighted by molar-refractivity contribution is 0.760. The van der Waals surface area contributed by atoms with E-state index in [1.165, 1.54) is 16.7 Å². The van der Waals surface area contributed by atoms with E-state index in [4.69, 9.17) is 5.73 Å². The minimum Gasteiger partial charge on any atom is -0.370 e. The first-order valence-corrected chi connectivity index (χ1v) is 9.84. The number of aliphatic imine (C=N–C) groups is 1. The minimum atomic E-state index is 0. The summed E-state index contributed by atoms with van der Waals surface area (Å²) in [4.78, 5) is 8.84. The van der Waals surface area contributed by atoms with Crippen molar-refractivity contribution in [3.63, 3.8) is 0 Å². The summed E-state index contributed by atoms with van der Waals surface area (Å²) in [7, 11) is 0. The molecule has 0 saturated heterocycles. The molecule has 0 radical (unpaired) electrons. The van der Waals surface area contributed by atoms with Crippen LogP contribution in [-0.4, -0.2) is 15.5 Å². The van der Waals surface area contributed by atoms with Crippen LogP contribution in [0.4, 0.5) is 5.69 Å². The summed E-state index contributed by atoms with van der Waals surface area (Å²) >= 11 is 0. The Morgan fingerprint density at radius 2 is 1.72 bits per heavy atom. The van der Waals surface area contributed by atoms with Crippen molar-refractivity contribution in [2.24, 2.45) is 10.7 Å². The maximum absolute atomic E-state index is 6.19. The van der Waals surface area contributed by atoms with Crippen LogP contribution in [0.3, 0.4) is 0 Å². The van der Waals surface area contributed by atoms with Crippen LogP contribution in [0.1, 0.15) is 41.9 Å². The van der Waals surface area contributed by atoms with Gasteiger partial charge in [-0.15, -0.1) is 24.0 Å². The number of halogens is 1. The van der Waals surface area contributed by atoms with Crippen LogP contribution in [0, 0.1) is 6.92 Å². The molecule has 0 atom stereocenters. The van der Waals surface area contributed by atoms with Crippen LogP contribution in [0.5, 0.6) is 0 Å². The van der Waals surface area contributed by atoms with Gasteiger partial charge in [0.25, 0.3) is 0 Å². The molecule has 2 aromatic carbocycles. The molecule has 1 heterocycles. The Morgan fingerprint density at radius 3 is 2.34 bits per heavy atom. The number of aryl methyl sites for hydroxylation is 3. The maximum atomic E-state index is 6.19. The fourth-order valence-corrected chi connectivity index (χ4v) is 3.34. The Hall–Kier alpha value is -2.35. The van der Waals surface area contributed by atoms with Gasteiger partial charge in [0.2, 0.25) is 0 Å². The van der Waals surface area contributed by atoms with E-state index in [9.17, 15) is 0 Å². The van der Waals surface area contributed by atoms with E-state index in [0.29, 0.717) is 12.5 Å². The third kappa shape index (κ3) is 6.06. The maximum Gasteiger partial charge on any atom is 0.193 e. The molecule has 0 unspecified atom stereocenters. The number of hydrogen-bond acceptors (Lipinski definition) is 2. The predicted octanol–water partition coefficient (Wildman–Crippen LogP) is 4.91. The Morgan fingerprint density at radius 1 is 1.07 bits per heavy atom. The second-order valence-corrected chi connectivity index (χ2v) is 6.91. The number of para-hydroxylation sites is 1. The molecular formula is C23H30IN5. The van der Waals surface area contributed by atoms with Crippen LogP contribution in [-0.2, 0) is 25.9 Å². The second kappa shape index (κ2) is 11.0. The highest BCUT2D eigenvalue weighted by atomic mass is 127. The number of nitrogens with two attached hydrogens (primary N) is 1. The number of anilines is 1. The highest BCUT2D eigenvalue weighted by Crippen LogP contribution is 2.22. The van der Waals surface area contributed by atoms with Crippen molar-refractivity contribution in [2.75, 3.05) is 5.32 Å². The third-order valence-corrected chi connectivity index (χ3v) is 4.95. The summed E-state index contributed by atoms with van der Waals surface area (Å²) in [6.07, 6.45) is 5.74. The number of hydrogen-bond donors (Lipinski definition) is 2. The second-order valence-electron chi connectivity index (χ2n) is 6.91. The van der Waals surface area contributed by atoms with E-state index in [0.717, 1.165) is 36.5 Å². The fourth-order valence-electron chi connectivity index (χ4n) is 3.34. The van der Waals surface area contributed by atoms with E-state index in [2.05, 4.69) is 76.2 Å². The van der Waals surface area contributed by atoms with Gasteiger partial charge in [-0.3, -0.25) is 0 Å². The standard InChI is InChI=1S/C23H29N5.HI/c1-4-20-10-7-11-21(5-2)22(20)27-23(24)26-15-18-8-6-9-19(14-18)16-28-13-12-25-17(28)3;/h6-14H,4-5,15-16H2,1-3H3,(H3,24,26,27);1H. The fraction of sp³-hybridized carbons (Fsp3) is 0.304. The monoisotopic (exact) mass is 503 g/mol. The highest BCUT2D eigenvalue weighted by molar-refractivity contribution is 14.0. The van der Waals surface area contributed by atoms with E-state index in [1.807, 2.05) is 19.3 Å². The highest BCUT2D eigenvalue weighted by Gasteiger charge is 2.07. The van der Waals surface area contributed by atoms with Crippen molar-refractivity contribution in [2.45, 2.75) is 46.7 Å². The molecule has 0 amide bonds. The molecule has 3 N–H and O–H groups in total. The first kappa shape index (κ1) is 22.9. The van der Waals surface area contributed by atoms with Crippen LogP contribution in [0.25, 0.3) is 0 Å². The molecule has 1 aromatic heterocycles. The SMILES string of the molecule is CCc1cccc(CC)c1NC(N)=NCc1cccc(Cn2ccnc2C)c1.I. The van der Waals surface area contributed by atoms with E-state index < -0.39 is 0 Å². The number of aromatic nitrogens is 2. The molecule has 154 valence electrons. The van der Waals surface area contributed by atoms with E-state index in [1.54, 1.807) is 0 Å². The number of guanidine groups is 1. The van der Waals surface area contributed by atoms with Gasteiger partial charge in [-0.05, 0) is 42.0 Å². The Labute approximate surface area is 190 Å². The number of nitrogens with one attached hydrogen (secondary N) is 1. The molecular weight excluding hydrogens is 473 g/mol. The van der Waals surface area contributed by atoms with E-state index in [-0.39, 0.29) is 24.0 Å². The van der Waals surface area contributed by atoms with Gasteiger partial charge in [0.15, 0.2) is 5.96 Å². The molecule has 0 bridgehead atoms. The third-order valence-electron chi connectivity index (χ3n) is 4.95. The average molecular weight is 503 g/mol. The summed E-state index contributed by atoms with van der Waals surface area (Å²) in [6.45, 7) is 7.67. The lowest BCUT2D eigenvalue weighted by Crippen LogP contribution is -2.24. The van der Waals surface area contributed by atoms with Gasteiger partial charge >= 0.3 is 0 Å². The van der Waals surface area contributed by atoms with Crippen molar-refractivity contribution >= 4 is 35.6 Å². The van der Waals surface area contributed by atoms with Crippen molar-refractivity contribution in [1.82, 2.24) is 9.55 Å². The zero-order valence-electron chi connectivity index (χ0n) is 17.4. The van der Waals surface area contributed by atoms with Gasteiger partial charge in [-0.2, -0.15) is 0 Å². The van der Waals surface area contributed by atoms with Crippen LogP contribution in [0.15, 0.2) is 59.9 Å². The molecule has 0 aliphatic carbocycles. The number of benzene rings is 2. The predicted molar refractivity (Wildman–Crippen MR) is 132 cm³/mol. The average Bonchev–Trinajstić information content (AvgIpc) is 3.11. The van der Waals surface area contributed by atoms with Gasteiger partial charge < -0.3 is 15.6 Å². The first-order valence-electron chi connectivity index (χ1n) is 9.84. The number of rotatable bonds is 7. The van der Waals surface area contributed by atoms with Crippen molar-refractivity contribution in [3.8, 4) is 0 Å². The molecule has 6 heteroatoms. The molecule has 0 spiro atoms. The number of imidazole rings is 1. The van der Waals surface area contributed by atoms with Crippen LogP contribution in [0.2, 0.25) is 0 Å². The summed E-state index contributed by atoms with van der Waals surface area (Å²) in [6, 6.07) is 14.8. The van der Waals surface area contributed by atoms with Crippen LogP contribution >= 0.6 is 24.0 Å². The molecule has 0 aliphatic rings. The molecule has 0 fully saturated rings. The van der Waals surface area contributed by atoms with Gasteiger partial charge in [-0.25, -0.2) is 9.98 Å². The Kier molecular flexibility index (Phi) is 8.70. The Balaban J connectivity index is 0.00000300. The Bertz CT molecular complexity index is 939. The van der Waals surface area contributed by atoms with Gasteiger partial charge in [-0.1, -0.05) is 56.3 Å². The summed E-state index contributed by atoms with van der Waals surface area (Å²) < 4.78 is 2.13. The summed E-state index contributed by atoms with van der Waals surface area (Å²) in [5.41, 5.74) is 12.2. The first-order chi connectivity index (χ1) is 13.6. The normalized spacial score (nSPS) is 11.2. The summed E-state index contributed by atoms with van der Waals surface area (Å²) in [5.74, 6) is 1.46. The van der Waals surface area contributed by atoms with Crippen molar-refractivity contribution in [3.05, 3.63) is 82.9 Å². The topological polar surface area (TPSA) is 68.2 Å². The van der Waals surface area contributed by atoms with Crippen molar-refractivity contribution in [1.29, 1.82) is 0 Å². The van der Waals surface area contributed by atoms with Crippen molar-refractivity contribution < 1.29 is 0 Å². The molecule has 3 rings (SSSR count). The lowest BCUT2D eigenvalue weighted by atomic mass is 10.0. The molecule has 0 aliphatic heterocycles. The zero-order valence-corrected chi connectivity index (χ0v) is 19.7. The molecule has 29 heavy (non-hydrogen) atoms. The van der Waals surface area contributed by atoms with Gasteiger partial charge in [0.05, 0.1) is 6.54 Å². The minimum absolute atomic E-state index is 0. The lowest BCUT2D eigenvalue weighted by Gasteiger charge is -2.15. The molecule has 3 aromatic rings.